The second kappa shape index (κ2) is 5.97. The molecule has 0 saturated heterocycles. The van der Waals surface area contributed by atoms with Crippen molar-refractivity contribution in [3.05, 3.63) is 35.6 Å². The lowest BCUT2D eigenvalue weighted by Crippen LogP contribution is -2.25. The van der Waals surface area contributed by atoms with E-state index < -0.39 is 11.7 Å². The number of benzene rings is 1. The van der Waals surface area contributed by atoms with Crippen LogP contribution in [0.5, 0.6) is 0 Å². The molecule has 1 saturated carbocycles. The van der Waals surface area contributed by atoms with Crippen LogP contribution in [-0.2, 0) is 4.79 Å². The highest BCUT2D eigenvalue weighted by atomic mass is 19.1. The first-order chi connectivity index (χ1) is 9.11. The summed E-state index contributed by atoms with van der Waals surface area (Å²) in [6.45, 7) is 2.19. The van der Waals surface area contributed by atoms with E-state index in [0.717, 1.165) is 25.7 Å². The van der Waals surface area contributed by atoms with Gasteiger partial charge in [-0.25, -0.2) is 4.39 Å². The summed E-state index contributed by atoms with van der Waals surface area (Å²) in [5, 5.41) is 9.23. The van der Waals surface area contributed by atoms with Crippen LogP contribution in [0.25, 0.3) is 0 Å². The van der Waals surface area contributed by atoms with Crippen LogP contribution >= 0.6 is 0 Å². The van der Waals surface area contributed by atoms with E-state index in [1.807, 2.05) is 6.07 Å². The molecule has 2 rings (SSSR count). The van der Waals surface area contributed by atoms with Crippen LogP contribution in [0.1, 0.15) is 44.1 Å². The van der Waals surface area contributed by atoms with Gasteiger partial charge in [0, 0.05) is 5.92 Å². The van der Waals surface area contributed by atoms with E-state index in [0.29, 0.717) is 11.5 Å². The van der Waals surface area contributed by atoms with Crippen molar-refractivity contribution in [1.29, 1.82) is 5.26 Å². The van der Waals surface area contributed by atoms with Crippen LogP contribution in [0.15, 0.2) is 24.3 Å². The molecular formula is C16H18FNO. The Balaban J connectivity index is 2.14. The number of nitriles is 1. The van der Waals surface area contributed by atoms with E-state index in [4.69, 9.17) is 0 Å². The minimum Gasteiger partial charge on any atom is -0.298 e. The quantitative estimate of drug-likeness (QED) is 0.827. The van der Waals surface area contributed by atoms with Crippen LogP contribution in [0.2, 0.25) is 0 Å². The minimum absolute atomic E-state index is 0.0379. The first-order valence-electron chi connectivity index (χ1n) is 6.80. The van der Waals surface area contributed by atoms with Crippen LogP contribution in [0, 0.1) is 29.0 Å². The minimum atomic E-state index is -0.825. The van der Waals surface area contributed by atoms with Gasteiger partial charge in [-0.3, -0.25) is 4.79 Å². The summed E-state index contributed by atoms with van der Waals surface area (Å²) in [5.74, 6) is -0.639. The molecule has 0 amide bonds. The maximum Gasteiger partial charge on any atom is 0.157 e. The molecule has 1 aromatic carbocycles. The van der Waals surface area contributed by atoms with Crippen molar-refractivity contribution in [3.8, 4) is 6.07 Å². The van der Waals surface area contributed by atoms with E-state index in [-0.39, 0.29) is 11.7 Å². The zero-order chi connectivity index (χ0) is 13.8. The molecule has 0 N–H and O–H groups in total. The third-order valence-corrected chi connectivity index (χ3v) is 4.01. The van der Waals surface area contributed by atoms with Gasteiger partial charge < -0.3 is 0 Å². The molecule has 1 aromatic rings. The fourth-order valence-electron chi connectivity index (χ4n) is 2.77. The van der Waals surface area contributed by atoms with Gasteiger partial charge in [-0.15, -0.1) is 0 Å². The number of nitrogens with zero attached hydrogens (tertiary/aromatic N) is 1. The average molecular weight is 259 g/mol. The maximum atomic E-state index is 13.2. The molecular weight excluding hydrogens is 241 g/mol. The Morgan fingerprint density at radius 1 is 1.37 bits per heavy atom. The number of Topliss-reactive ketones (excluding diaryl/α,β-unsaturated/α-hetero) is 1. The van der Waals surface area contributed by atoms with E-state index >= 15 is 0 Å². The van der Waals surface area contributed by atoms with Crippen molar-refractivity contribution in [2.24, 2.45) is 11.8 Å². The first kappa shape index (κ1) is 13.7. The SMILES string of the molecule is CC1CCC(C(=O)C(C#N)c2cccc(F)c2)CC1. The van der Waals surface area contributed by atoms with Gasteiger partial charge in [0.2, 0.25) is 0 Å². The summed E-state index contributed by atoms with van der Waals surface area (Å²) in [5.41, 5.74) is 0.478. The second-order valence-corrected chi connectivity index (χ2v) is 5.48. The summed E-state index contributed by atoms with van der Waals surface area (Å²) in [4.78, 5) is 12.4. The Bertz CT molecular complexity index is 498. The van der Waals surface area contributed by atoms with Gasteiger partial charge in [0.15, 0.2) is 5.78 Å². The van der Waals surface area contributed by atoms with E-state index in [1.54, 1.807) is 12.1 Å². The number of halogens is 1. The van der Waals surface area contributed by atoms with Crippen LogP contribution in [-0.4, -0.2) is 5.78 Å². The van der Waals surface area contributed by atoms with E-state index in [9.17, 15) is 14.4 Å². The molecule has 1 unspecified atom stereocenters. The molecule has 1 aliphatic rings. The third kappa shape index (κ3) is 3.20. The molecule has 2 nitrogen and oxygen atoms in total. The predicted octanol–water partition coefficient (Wildman–Crippen LogP) is 3.83. The third-order valence-electron chi connectivity index (χ3n) is 4.01. The number of ketones is 1. The molecule has 100 valence electrons. The number of carbonyl (C=O) groups is 1. The molecule has 0 aliphatic heterocycles. The van der Waals surface area contributed by atoms with Gasteiger partial charge >= 0.3 is 0 Å². The summed E-state index contributed by atoms with van der Waals surface area (Å²) in [7, 11) is 0. The van der Waals surface area contributed by atoms with Crippen molar-refractivity contribution < 1.29 is 9.18 Å². The largest absolute Gasteiger partial charge is 0.298 e. The lowest BCUT2D eigenvalue weighted by Gasteiger charge is -2.26. The lowest BCUT2D eigenvalue weighted by molar-refractivity contribution is -0.124. The molecule has 1 aliphatic carbocycles. The molecule has 19 heavy (non-hydrogen) atoms. The molecule has 3 heteroatoms. The highest BCUT2D eigenvalue weighted by Crippen LogP contribution is 2.32. The zero-order valence-corrected chi connectivity index (χ0v) is 11.1. The number of rotatable bonds is 3. The Labute approximate surface area is 113 Å². The summed E-state index contributed by atoms with van der Waals surface area (Å²) >= 11 is 0. The normalized spacial score (nSPS) is 24.5. The lowest BCUT2D eigenvalue weighted by atomic mass is 9.77. The highest BCUT2D eigenvalue weighted by Gasteiger charge is 2.30. The summed E-state index contributed by atoms with van der Waals surface area (Å²) < 4.78 is 13.2. The van der Waals surface area contributed by atoms with Crippen LogP contribution in [0.4, 0.5) is 4.39 Å². The smallest absolute Gasteiger partial charge is 0.157 e. The molecule has 0 spiro atoms. The predicted molar refractivity (Wildman–Crippen MR) is 70.9 cm³/mol. The Hall–Kier alpha value is -1.69. The molecule has 0 heterocycles. The first-order valence-corrected chi connectivity index (χ1v) is 6.80. The summed E-state index contributed by atoms with van der Waals surface area (Å²) in [6, 6.07) is 7.85. The topological polar surface area (TPSA) is 40.9 Å². The van der Waals surface area contributed by atoms with Crippen molar-refractivity contribution in [3.63, 3.8) is 0 Å². The van der Waals surface area contributed by atoms with Gasteiger partial charge in [0.1, 0.15) is 11.7 Å². The van der Waals surface area contributed by atoms with E-state index in [1.165, 1.54) is 12.1 Å². The second-order valence-electron chi connectivity index (χ2n) is 5.48. The van der Waals surface area contributed by atoms with Crippen LogP contribution in [0.3, 0.4) is 0 Å². The highest BCUT2D eigenvalue weighted by molar-refractivity contribution is 5.90. The number of hydrogen-bond donors (Lipinski definition) is 0. The molecule has 0 bridgehead atoms. The zero-order valence-electron chi connectivity index (χ0n) is 11.1. The molecule has 1 fully saturated rings. The van der Waals surface area contributed by atoms with Crippen molar-refractivity contribution in [1.82, 2.24) is 0 Å². The Morgan fingerprint density at radius 3 is 2.63 bits per heavy atom. The van der Waals surface area contributed by atoms with Gasteiger partial charge in [-0.2, -0.15) is 5.26 Å². The van der Waals surface area contributed by atoms with Crippen molar-refractivity contribution in [2.45, 2.75) is 38.5 Å². The molecule has 0 radical (unpaired) electrons. The van der Waals surface area contributed by atoms with E-state index in [2.05, 4.69) is 6.92 Å². The average Bonchev–Trinajstić information content (AvgIpc) is 2.40. The summed E-state index contributed by atoms with van der Waals surface area (Å²) in [6.07, 6.45) is 3.79. The Morgan fingerprint density at radius 2 is 2.05 bits per heavy atom. The fraction of sp³-hybridized carbons (Fsp3) is 0.500. The Kier molecular flexibility index (Phi) is 4.31. The van der Waals surface area contributed by atoms with Gasteiger partial charge in [0.25, 0.3) is 0 Å². The van der Waals surface area contributed by atoms with Crippen molar-refractivity contribution in [2.75, 3.05) is 0 Å². The fourth-order valence-corrected chi connectivity index (χ4v) is 2.77. The molecule has 1 atom stereocenters. The maximum absolute atomic E-state index is 13.2. The van der Waals surface area contributed by atoms with Gasteiger partial charge in [-0.05, 0) is 36.5 Å². The number of carbonyl (C=O) groups excluding carboxylic acids is 1. The number of hydrogen-bond acceptors (Lipinski definition) is 2. The van der Waals surface area contributed by atoms with Gasteiger partial charge in [-0.1, -0.05) is 31.9 Å². The monoisotopic (exact) mass is 259 g/mol. The van der Waals surface area contributed by atoms with Gasteiger partial charge in [0.05, 0.1) is 6.07 Å². The molecule has 0 aromatic heterocycles. The van der Waals surface area contributed by atoms with Crippen LogP contribution < -0.4 is 0 Å². The van der Waals surface area contributed by atoms with Crippen molar-refractivity contribution >= 4 is 5.78 Å². The standard InChI is InChI=1S/C16H18FNO/c1-11-5-7-12(8-6-11)16(19)15(10-18)13-3-2-4-14(17)9-13/h2-4,9,11-12,15H,5-8H2,1H3.